The van der Waals surface area contributed by atoms with Gasteiger partial charge >= 0.3 is 0 Å². The molecule has 0 radical (unpaired) electrons. The van der Waals surface area contributed by atoms with Gasteiger partial charge in [0.15, 0.2) is 0 Å². The Morgan fingerprint density at radius 2 is 1.91 bits per heavy atom. The molecule has 3 aromatic rings. The van der Waals surface area contributed by atoms with Gasteiger partial charge in [0.25, 0.3) is 11.5 Å². The fourth-order valence-electron chi connectivity index (χ4n) is 3.77. The molecule has 34 heavy (non-hydrogen) atoms. The van der Waals surface area contributed by atoms with E-state index in [2.05, 4.69) is 11.9 Å². The van der Waals surface area contributed by atoms with Crippen LogP contribution < -0.4 is 10.3 Å². The SMILES string of the molecule is CCCCCCCN1C(=O)/C(=C\c2c(Oc3cccc(C)c3)nc3ccccn3c2=O)SC1=S. The molecule has 0 saturated carbocycles. The number of fused-ring (bicyclic) bond motifs is 1. The second-order valence-electron chi connectivity index (χ2n) is 8.23. The predicted molar refractivity (Wildman–Crippen MR) is 141 cm³/mol. The third-order valence-corrected chi connectivity index (χ3v) is 6.95. The maximum absolute atomic E-state index is 13.4. The van der Waals surface area contributed by atoms with Gasteiger partial charge in [-0.15, -0.1) is 0 Å². The van der Waals surface area contributed by atoms with Crippen molar-refractivity contribution in [1.82, 2.24) is 14.3 Å². The number of aromatic nitrogens is 2. The second kappa shape index (κ2) is 11.0. The van der Waals surface area contributed by atoms with Gasteiger partial charge in [0, 0.05) is 12.7 Å². The smallest absolute Gasteiger partial charge is 0.269 e. The minimum atomic E-state index is -0.307. The number of rotatable bonds is 9. The standard InChI is InChI=1S/C26H27N3O3S2/c1-3-4-5-6-8-15-29-25(31)21(34-26(29)33)17-20-23(32-19-12-10-11-18(2)16-19)27-22-13-7-9-14-28(22)24(20)30/h7,9-14,16-17H,3-6,8,15H2,1-2H3/b21-17+. The van der Waals surface area contributed by atoms with Crippen molar-refractivity contribution in [3.8, 4) is 11.6 Å². The van der Waals surface area contributed by atoms with Crippen LogP contribution in [0.4, 0.5) is 0 Å². The number of nitrogens with zero attached hydrogens (tertiary/aromatic N) is 3. The van der Waals surface area contributed by atoms with Crippen LogP contribution >= 0.6 is 24.0 Å². The molecule has 0 N–H and O–H groups in total. The third kappa shape index (κ3) is 5.39. The third-order valence-electron chi connectivity index (χ3n) is 5.57. The Morgan fingerprint density at radius 3 is 2.71 bits per heavy atom. The molecular formula is C26H27N3O3S2. The van der Waals surface area contributed by atoms with E-state index in [1.165, 1.54) is 29.0 Å². The summed E-state index contributed by atoms with van der Waals surface area (Å²) >= 11 is 6.68. The highest BCUT2D eigenvalue weighted by molar-refractivity contribution is 8.26. The number of carbonyl (C=O) groups excluding carboxylic acids is 1. The van der Waals surface area contributed by atoms with E-state index in [4.69, 9.17) is 17.0 Å². The molecule has 8 heteroatoms. The van der Waals surface area contributed by atoms with E-state index in [1.54, 1.807) is 29.3 Å². The molecule has 1 saturated heterocycles. The minimum absolute atomic E-state index is 0.159. The molecule has 3 heterocycles. The number of thiocarbonyl (C=S) groups is 1. The summed E-state index contributed by atoms with van der Waals surface area (Å²) in [7, 11) is 0. The van der Waals surface area contributed by atoms with Crippen LogP contribution in [0, 0.1) is 6.92 Å². The molecule has 1 aromatic carbocycles. The van der Waals surface area contributed by atoms with Gasteiger partial charge in [0.1, 0.15) is 21.3 Å². The summed E-state index contributed by atoms with van der Waals surface area (Å²) in [4.78, 5) is 33.1. The second-order valence-corrected chi connectivity index (χ2v) is 9.91. The van der Waals surface area contributed by atoms with E-state index < -0.39 is 0 Å². The molecule has 176 valence electrons. The molecule has 1 aliphatic heterocycles. The Balaban J connectivity index is 1.67. The first kappa shape index (κ1) is 24.2. The summed E-state index contributed by atoms with van der Waals surface area (Å²) in [6.07, 6.45) is 8.71. The van der Waals surface area contributed by atoms with Crippen molar-refractivity contribution in [3.05, 3.63) is 75.0 Å². The van der Waals surface area contributed by atoms with Gasteiger partial charge in [-0.3, -0.25) is 18.9 Å². The lowest BCUT2D eigenvalue weighted by Gasteiger charge is -2.14. The zero-order chi connectivity index (χ0) is 24.1. The molecule has 6 nitrogen and oxygen atoms in total. The molecular weight excluding hydrogens is 466 g/mol. The molecule has 0 atom stereocenters. The van der Waals surface area contributed by atoms with Gasteiger partial charge < -0.3 is 4.74 Å². The average molecular weight is 494 g/mol. The highest BCUT2D eigenvalue weighted by Gasteiger charge is 2.32. The van der Waals surface area contributed by atoms with E-state index in [0.29, 0.717) is 27.2 Å². The number of carbonyl (C=O) groups is 1. The lowest BCUT2D eigenvalue weighted by Crippen LogP contribution is -2.29. The number of benzene rings is 1. The van der Waals surface area contributed by atoms with Gasteiger partial charge in [0.2, 0.25) is 5.88 Å². The molecule has 0 unspecified atom stereocenters. The average Bonchev–Trinajstić information content (AvgIpc) is 3.08. The predicted octanol–water partition coefficient (Wildman–Crippen LogP) is 5.97. The lowest BCUT2D eigenvalue weighted by molar-refractivity contribution is -0.122. The minimum Gasteiger partial charge on any atom is -0.438 e. The van der Waals surface area contributed by atoms with Crippen LogP contribution in [0.1, 0.15) is 50.2 Å². The number of thioether (sulfide) groups is 1. The van der Waals surface area contributed by atoms with Crippen molar-refractivity contribution in [2.45, 2.75) is 46.0 Å². The molecule has 1 fully saturated rings. The summed E-state index contributed by atoms with van der Waals surface area (Å²) in [6, 6.07) is 12.8. The first-order chi connectivity index (χ1) is 16.5. The van der Waals surface area contributed by atoms with Gasteiger partial charge in [-0.1, -0.05) is 74.8 Å². The Hall–Kier alpha value is -2.97. The van der Waals surface area contributed by atoms with Gasteiger partial charge in [-0.05, 0) is 49.2 Å². The van der Waals surface area contributed by atoms with Crippen LogP contribution in [0.5, 0.6) is 11.6 Å². The first-order valence-corrected chi connectivity index (χ1v) is 12.7. The Kier molecular flexibility index (Phi) is 7.80. The molecule has 0 spiro atoms. The number of unbranched alkanes of at least 4 members (excludes halogenated alkanes) is 4. The normalized spacial score (nSPS) is 15.0. The maximum atomic E-state index is 13.4. The fourth-order valence-corrected chi connectivity index (χ4v) is 5.06. The molecule has 0 aliphatic carbocycles. The van der Waals surface area contributed by atoms with E-state index >= 15 is 0 Å². The van der Waals surface area contributed by atoms with Crippen LogP contribution in [-0.2, 0) is 4.79 Å². The van der Waals surface area contributed by atoms with Crippen molar-refractivity contribution in [3.63, 3.8) is 0 Å². The summed E-state index contributed by atoms with van der Waals surface area (Å²) in [6.45, 7) is 4.73. The van der Waals surface area contributed by atoms with Crippen molar-refractivity contribution in [2.75, 3.05) is 6.54 Å². The van der Waals surface area contributed by atoms with Crippen molar-refractivity contribution in [1.29, 1.82) is 0 Å². The summed E-state index contributed by atoms with van der Waals surface area (Å²) < 4.78 is 8.01. The highest BCUT2D eigenvalue weighted by atomic mass is 32.2. The Morgan fingerprint density at radius 1 is 1.09 bits per heavy atom. The van der Waals surface area contributed by atoms with Crippen molar-refractivity contribution >= 4 is 45.9 Å². The number of aryl methyl sites for hydroxylation is 1. The number of hydrogen-bond donors (Lipinski definition) is 0. The largest absolute Gasteiger partial charge is 0.438 e. The van der Waals surface area contributed by atoms with Crippen LogP contribution in [0.3, 0.4) is 0 Å². The van der Waals surface area contributed by atoms with Crippen LogP contribution in [-0.4, -0.2) is 31.1 Å². The van der Waals surface area contributed by atoms with Crippen LogP contribution in [0.15, 0.2) is 58.4 Å². The molecule has 1 aliphatic rings. The summed E-state index contributed by atoms with van der Waals surface area (Å²) in [5.41, 5.74) is 1.40. The Bertz CT molecular complexity index is 1320. The quantitative estimate of drug-likeness (QED) is 0.208. The highest BCUT2D eigenvalue weighted by Crippen LogP contribution is 2.34. The molecule has 0 bridgehead atoms. The van der Waals surface area contributed by atoms with Crippen molar-refractivity contribution in [2.24, 2.45) is 0 Å². The number of amides is 1. The zero-order valence-electron chi connectivity index (χ0n) is 19.3. The van der Waals surface area contributed by atoms with Gasteiger partial charge in [0.05, 0.1) is 4.91 Å². The molecule has 1 amide bonds. The molecule has 4 rings (SSSR count). The summed E-state index contributed by atoms with van der Waals surface area (Å²) in [5.74, 6) is 0.553. The topological polar surface area (TPSA) is 63.9 Å². The Labute approximate surface area is 208 Å². The van der Waals surface area contributed by atoms with Crippen LogP contribution in [0.25, 0.3) is 11.7 Å². The number of ether oxygens (including phenoxy) is 1. The van der Waals surface area contributed by atoms with Gasteiger partial charge in [-0.2, -0.15) is 4.98 Å². The van der Waals surface area contributed by atoms with E-state index in [0.717, 1.165) is 24.8 Å². The lowest BCUT2D eigenvalue weighted by atomic mass is 10.1. The van der Waals surface area contributed by atoms with Gasteiger partial charge in [-0.25, -0.2) is 0 Å². The summed E-state index contributed by atoms with van der Waals surface area (Å²) in [5, 5.41) is 0. The number of hydrogen-bond acceptors (Lipinski definition) is 6. The van der Waals surface area contributed by atoms with Crippen LogP contribution in [0.2, 0.25) is 0 Å². The zero-order valence-corrected chi connectivity index (χ0v) is 21.0. The molecule has 2 aromatic heterocycles. The van der Waals surface area contributed by atoms with Crippen molar-refractivity contribution < 1.29 is 9.53 Å². The van der Waals surface area contributed by atoms with E-state index in [1.807, 2.05) is 37.3 Å². The fraction of sp³-hybridized carbons (Fsp3) is 0.308. The maximum Gasteiger partial charge on any atom is 0.269 e. The number of pyridine rings is 1. The van der Waals surface area contributed by atoms with E-state index in [-0.39, 0.29) is 22.9 Å². The van der Waals surface area contributed by atoms with E-state index in [9.17, 15) is 9.59 Å². The first-order valence-electron chi connectivity index (χ1n) is 11.5. The monoisotopic (exact) mass is 493 g/mol.